The van der Waals surface area contributed by atoms with Gasteiger partial charge in [0.05, 0.1) is 5.02 Å². The summed E-state index contributed by atoms with van der Waals surface area (Å²) in [5.41, 5.74) is 2.11. The minimum atomic E-state index is 0.0420. The molecule has 0 fully saturated rings. The van der Waals surface area contributed by atoms with Crippen molar-refractivity contribution >= 4 is 11.6 Å². The lowest BCUT2D eigenvalue weighted by atomic mass is 10.2. The van der Waals surface area contributed by atoms with Gasteiger partial charge in [0, 0.05) is 6.07 Å². The van der Waals surface area contributed by atoms with Crippen LogP contribution in [0.5, 0.6) is 17.2 Å². The molecule has 4 heteroatoms. The SMILES string of the molecule is Oc1ccc(OCc2cccc(OCc3ccccc3)c2)cc1Cl. The lowest BCUT2D eigenvalue weighted by molar-refractivity contribution is 0.295. The maximum atomic E-state index is 9.41. The zero-order chi connectivity index (χ0) is 16.8. The van der Waals surface area contributed by atoms with Crippen LogP contribution in [0.2, 0.25) is 5.02 Å². The molecule has 3 aromatic carbocycles. The third kappa shape index (κ3) is 4.43. The van der Waals surface area contributed by atoms with Crippen molar-refractivity contribution in [3.05, 3.63) is 88.9 Å². The quantitative estimate of drug-likeness (QED) is 0.670. The van der Waals surface area contributed by atoms with E-state index in [4.69, 9.17) is 21.1 Å². The largest absolute Gasteiger partial charge is 0.506 e. The zero-order valence-corrected chi connectivity index (χ0v) is 13.7. The van der Waals surface area contributed by atoms with Crippen LogP contribution in [0.1, 0.15) is 11.1 Å². The first-order valence-corrected chi connectivity index (χ1v) is 7.95. The molecule has 0 unspecified atom stereocenters. The third-order valence-corrected chi connectivity index (χ3v) is 3.77. The van der Waals surface area contributed by atoms with Gasteiger partial charge >= 0.3 is 0 Å². The molecule has 0 spiro atoms. The van der Waals surface area contributed by atoms with E-state index < -0.39 is 0 Å². The van der Waals surface area contributed by atoms with Gasteiger partial charge in [0.25, 0.3) is 0 Å². The first-order chi connectivity index (χ1) is 11.7. The van der Waals surface area contributed by atoms with Crippen LogP contribution in [0.3, 0.4) is 0 Å². The van der Waals surface area contributed by atoms with Crippen molar-refractivity contribution in [1.29, 1.82) is 0 Å². The Hall–Kier alpha value is -2.65. The first kappa shape index (κ1) is 16.2. The van der Waals surface area contributed by atoms with Gasteiger partial charge in [0.15, 0.2) is 0 Å². The molecular weight excluding hydrogens is 324 g/mol. The van der Waals surface area contributed by atoms with Crippen molar-refractivity contribution in [2.45, 2.75) is 13.2 Å². The molecule has 3 aromatic rings. The lowest BCUT2D eigenvalue weighted by Gasteiger charge is -2.10. The Balaban J connectivity index is 1.59. The second kappa shape index (κ2) is 7.75. The number of phenols is 1. The standard InChI is InChI=1S/C20H17ClO3/c21-19-12-18(9-10-20(19)22)24-14-16-7-4-8-17(11-16)23-13-15-5-2-1-3-6-15/h1-12,22H,13-14H2. The maximum absolute atomic E-state index is 9.41. The Bertz CT molecular complexity index is 803. The highest BCUT2D eigenvalue weighted by Crippen LogP contribution is 2.28. The smallest absolute Gasteiger partial charge is 0.134 e. The topological polar surface area (TPSA) is 38.7 Å². The fraction of sp³-hybridized carbons (Fsp3) is 0.100. The molecule has 0 aromatic heterocycles. The van der Waals surface area contributed by atoms with Crippen LogP contribution in [0.4, 0.5) is 0 Å². The fourth-order valence-corrected chi connectivity index (χ4v) is 2.38. The van der Waals surface area contributed by atoms with Crippen molar-refractivity contribution in [2.24, 2.45) is 0 Å². The summed E-state index contributed by atoms with van der Waals surface area (Å²) in [6.45, 7) is 0.919. The van der Waals surface area contributed by atoms with E-state index >= 15 is 0 Å². The summed E-state index contributed by atoms with van der Waals surface area (Å²) in [6, 6.07) is 22.6. The third-order valence-electron chi connectivity index (χ3n) is 3.47. The number of phenolic OH excluding ortho intramolecular Hbond substituents is 1. The predicted octanol–water partition coefficient (Wildman–Crippen LogP) is 5.20. The summed E-state index contributed by atoms with van der Waals surface area (Å²) in [7, 11) is 0. The molecule has 0 saturated carbocycles. The number of benzene rings is 3. The average Bonchev–Trinajstić information content (AvgIpc) is 2.62. The lowest BCUT2D eigenvalue weighted by Crippen LogP contribution is -1.98. The Morgan fingerprint density at radius 2 is 1.38 bits per heavy atom. The number of rotatable bonds is 6. The zero-order valence-electron chi connectivity index (χ0n) is 13.0. The van der Waals surface area contributed by atoms with E-state index in [0.29, 0.717) is 19.0 Å². The number of hydrogen-bond donors (Lipinski definition) is 1. The Morgan fingerprint density at radius 3 is 2.12 bits per heavy atom. The summed E-state index contributed by atoms with van der Waals surface area (Å²) in [4.78, 5) is 0. The molecule has 0 atom stereocenters. The van der Waals surface area contributed by atoms with Crippen LogP contribution in [0.25, 0.3) is 0 Å². The van der Waals surface area contributed by atoms with Gasteiger partial charge < -0.3 is 14.6 Å². The van der Waals surface area contributed by atoms with E-state index in [0.717, 1.165) is 16.9 Å². The van der Waals surface area contributed by atoms with Crippen molar-refractivity contribution in [2.75, 3.05) is 0 Å². The highest BCUT2D eigenvalue weighted by atomic mass is 35.5. The normalized spacial score (nSPS) is 10.4. The van der Waals surface area contributed by atoms with E-state index in [1.165, 1.54) is 6.07 Å². The first-order valence-electron chi connectivity index (χ1n) is 7.58. The van der Waals surface area contributed by atoms with Crippen molar-refractivity contribution in [3.8, 4) is 17.2 Å². The molecular formula is C20H17ClO3. The van der Waals surface area contributed by atoms with Crippen LogP contribution < -0.4 is 9.47 Å². The second-order valence-electron chi connectivity index (χ2n) is 5.32. The van der Waals surface area contributed by atoms with Crippen molar-refractivity contribution in [3.63, 3.8) is 0 Å². The van der Waals surface area contributed by atoms with Gasteiger partial charge in [0.1, 0.15) is 30.5 Å². The molecule has 0 bridgehead atoms. The van der Waals surface area contributed by atoms with Gasteiger partial charge in [-0.05, 0) is 35.4 Å². The molecule has 1 N–H and O–H groups in total. The molecule has 24 heavy (non-hydrogen) atoms. The highest BCUT2D eigenvalue weighted by molar-refractivity contribution is 6.32. The molecule has 0 saturated heterocycles. The van der Waals surface area contributed by atoms with Crippen molar-refractivity contribution in [1.82, 2.24) is 0 Å². The maximum Gasteiger partial charge on any atom is 0.134 e. The van der Waals surface area contributed by atoms with Gasteiger partial charge in [0.2, 0.25) is 0 Å². The number of aromatic hydroxyl groups is 1. The Labute approximate surface area is 146 Å². The minimum absolute atomic E-state index is 0.0420. The summed E-state index contributed by atoms with van der Waals surface area (Å²) < 4.78 is 11.5. The minimum Gasteiger partial charge on any atom is -0.506 e. The summed E-state index contributed by atoms with van der Waals surface area (Å²) >= 11 is 5.87. The summed E-state index contributed by atoms with van der Waals surface area (Å²) in [5, 5.41) is 9.69. The fourth-order valence-electron chi connectivity index (χ4n) is 2.21. The van der Waals surface area contributed by atoms with Crippen LogP contribution in [-0.4, -0.2) is 5.11 Å². The predicted molar refractivity (Wildman–Crippen MR) is 94.7 cm³/mol. The monoisotopic (exact) mass is 340 g/mol. The Kier molecular flexibility index (Phi) is 5.24. The van der Waals surface area contributed by atoms with Gasteiger partial charge in [-0.15, -0.1) is 0 Å². The van der Waals surface area contributed by atoms with E-state index in [1.807, 2.05) is 54.6 Å². The van der Waals surface area contributed by atoms with Crippen LogP contribution in [0, 0.1) is 0 Å². The average molecular weight is 341 g/mol. The molecule has 3 nitrogen and oxygen atoms in total. The molecule has 0 aliphatic rings. The van der Waals surface area contributed by atoms with Crippen LogP contribution in [-0.2, 0) is 13.2 Å². The van der Waals surface area contributed by atoms with E-state index in [9.17, 15) is 5.11 Å². The van der Waals surface area contributed by atoms with Crippen LogP contribution >= 0.6 is 11.6 Å². The van der Waals surface area contributed by atoms with E-state index in [-0.39, 0.29) is 10.8 Å². The molecule has 0 radical (unpaired) electrons. The molecule has 122 valence electrons. The molecule has 0 aliphatic carbocycles. The molecule has 3 rings (SSSR count). The number of hydrogen-bond acceptors (Lipinski definition) is 3. The summed E-state index contributed by atoms with van der Waals surface area (Å²) in [5.74, 6) is 1.44. The number of ether oxygens (including phenoxy) is 2. The highest BCUT2D eigenvalue weighted by Gasteiger charge is 2.03. The van der Waals surface area contributed by atoms with Crippen molar-refractivity contribution < 1.29 is 14.6 Å². The number of halogens is 1. The van der Waals surface area contributed by atoms with Gasteiger partial charge in [-0.2, -0.15) is 0 Å². The molecule has 0 amide bonds. The van der Waals surface area contributed by atoms with Gasteiger partial charge in [-0.1, -0.05) is 54.1 Å². The van der Waals surface area contributed by atoms with Gasteiger partial charge in [-0.25, -0.2) is 0 Å². The van der Waals surface area contributed by atoms with Gasteiger partial charge in [-0.3, -0.25) is 0 Å². The van der Waals surface area contributed by atoms with E-state index in [2.05, 4.69) is 0 Å². The van der Waals surface area contributed by atoms with Crippen LogP contribution in [0.15, 0.2) is 72.8 Å². The van der Waals surface area contributed by atoms with E-state index in [1.54, 1.807) is 12.1 Å². The second-order valence-corrected chi connectivity index (χ2v) is 5.73. The molecule has 0 aliphatic heterocycles. The summed E-state index contributed by atoms with van der Waals surface area (Å²) in [6.07, 6.45) is 0. The Morgan fingerprint density at radius 1 is 0.708 bits per heavy atom. The molecule has 0 heterocycles.